The van der Waals surface area contributed by atoms with E-state index in [1.54, 1.807) is 6.92 Å². The molecule has 0 bridgehead atoms. The second-order valence-electron chi connectivity index (χ2n) is 8.05. The molecule has 6 heteroatoms. The summed E-state index contributed by atoms with van der Waals surface area (Å²) in [7, 11) is 0. The van der Waals surface area contributed by atoms with Crippen molar-refractivity contribution in [1.82, 2.24) is 5.32 Å². The molecule has 0 spiro atoms. The Labute approximate surface area is 180 Å². The van der Waals surface area contributed by atoms with E-state index in [1.165, 1.54) is 0 Å². The number of hydrogen-bond donors (Lipinski definition) is 2. The molecule has 0 saturated carbocycles. The van der Waals surface area contributed by atoms with Gasteiger partial charge in [0, 0.05) is 23.1 Å². The molecule has 2 N–H and O–H groups in total. The Morgan fingerprint density at radius 2 is 1.84 bits per heavy atom. The van der Waals surface area contributed by atoms with Crippen molar-refractivity contribution in [3.8, 4) is 5.75 Å². The summed E-state index contributed by atoms with van der Waals surface area (Å²) in [6.07, 6.45) is 2.14. The molecule has 2 aromatic carbocycles. The molecule has 0 radical (unpaired) electrons. The molecule has 1 aromatic heterocycles. The van der Waals surface area contributed by atoms with Gasteiger partial charge in [-0.15, -0.1) is 0 Å². The van der Waals surface area contributed by atoms with E-state index < -0.39 is 12.2 Å². The maximum atomic E-state index is 12.5. The van der Waals surface area contributed by atoms with Crippen molar-refractivity contribution in [2.75, 3.05) is 6.54 Å². The van der Waals surface area contributed by atoms with Crippen molar-refractivity contribution in [1.29, 1.82) is 0 Å². The first-order chi connectivity index (χ1) is 15.0. The van der Waals surface area contributed by atoms with Gasteiger partial charge in [-0.1, -0.05) is 30.3 Å². The third-order valence-electron chi connectivity index (χ3n) is 5.92. The fourth-order valence-corrected chi connectivity index (χ4v) is 4.13. The zero-order valence-corrected chi connectivity index (χ0v) is 17.8. The third-order valence-corrected chi connectivity index (χ3v) is 5.92. The molecule has 1 aliphatic rings. The third kappa shape index (κ3) is 4.35. The van der Waals surface area contributed by atoms with Crippen molar-refractivity contribution in [3.05, 3.63) is 75.1 Å². The van der Waals surface area contributed by atoms with Gasteiger partial charge in [0.05, 0.1) is 6.10 Å². The van der Waals surface area contributed by atoms with Crippen LogP contribution in [0.15, 0.2) is 51.7 Å². The minimum Gasteiger partial charge on any atom is -0.480 e. The molecule has 6 nitrogen and oxygen atoms in total. The zero-order valence-electron chi connectivity index (χ0n) is 17.8. The van der Waals surface area contributed by atoms with Gasteiger partial charge in [-0.05, 0) is 62.8 Å². The molecule has 2 atom stereocenters. The number of aliphatic hydroxyl groups excluding tert-OH is 1. The smallest absolute Gasteiger partial charge is 0.339 e. The predicted molar refractivity (Wildman–Crippen MR) is 118 cm³/mol. The van der Waals surface area contributed by atoms with Crippen LogP contribution in [0.3, 0.4) is 0 Å². The minimum atomic E-state index is -0.791. The molecular formula is C25H27NO5. The second kappa shape index (κ2) is 8.94. The van der Waals surface area contributed by atoms with Gasteiger partial charge in [-0.2, -0.15) is 0 Å². The molecule has 0 aliphatic heterocycles. The standard InChI is InChI=1S/C25H27NO5/c1-15-22(13-12-19-18-10-6-7-11-20(18)25(29)31-23(15)19)30-16(2)24(28)26-14-21(27)17-8-4-3-5-9-17/h3-5,8-9,12-13,16,21,27H,6-7,10-11,14H2,1-2H3,(H,26,28)/t16-,21-/m1/s1. The predicted octanol–water partition coefficient (Wildman–Crippen LogP) is 3.60. The van der Waals surface area contributed by atoms with Crippen LogP contribution >= 0.6 is 0 Å². The van der Waals surface area contributed by atoms with Crippen molar-refractivity contribution in [2.45, 2.75) is 51.7 Å². The normalized spacial score (nSPS) is 15.2. The van der Waals surface area contributed by atoms with E-state index in [-0.39, 0.29) is 18.1 Å². The van der Waals surface area contributed by atoms with Crippen LogP contribution in [0.5, 0.6) is 5.75 Å². The molecule has 0 fully saturated rings. The summed E-state index contributed by atoms with van der Waals surface area (Å²) in [4.78, 5) is 24.9. The molecule has 4 rings (SSSR count). The number of amides is 1. The van der Waals surface area contributed by atoms with Gasteiger partial charge < -0.3 is 19.6 Å². The Hall–Kier alpha value is -3.12. The van der Waals surface area contributed by atoms with Gasteiger partial charge in [-0.25, -0.2) is 4.79 Å². The van der Waals surface area contributed by atoms with Crippen molar-refractivity contribution in [3.63, 3.8) is 0 Å². The molecule has 162 valence electrons. The fourth-order valence-electron chi connectivity index (χ4n) is 4.13. The van der Waals surface area contributed by atoms with Gasteiger partial charge in [0.25, 0.3) is 5.91 Å². The highest BCUT2D eigenvalue weighted by Gasteiger charge is 2.22. The lowest BCUT2D eigenvalue weighted by Crippen LogP contribution is -2.38. The highest BCUT2D eigenvalue weighted by Crippen LogP contribution is 2.32. The molecule has 1 aliphatic carbocycles. The Bertz CT molecular complexity index is 1150. The Balaban J connectivity index is 1.48. The number of fused-ring (bicyclic) bond motifs is 3. The van der Waals surface area contributed by atoms with E-state index in [1.807, 2.05) is 49.4 Å². The number of ether oxygens (including phenoxy) is 1. The lowest BCUT2D eigenvalue weighted by atomic mass is 9.90. The summed E-state index contributed by atoms with van der Waals surface area (Å²) < 4.78 is 11.5. The molecule has 1 amide bonds. The first-order valence-electron chi connectivity index (χ1n) is 10.7. The van der Waals surface area contributed by atoms with Crippen LogP contribution < -0.4 is 15.7 Å². The van der Waals surface area contributed by atoms with Crippen molar-refractivity contribution >= 4 is 16.9 Å². The molecule has 0 unspecified atom stereocenters. The number of carbonyl (C=O) groups excluding carboxylic acids is 1. The Morgan fingerprint density at radius 3 is 2.58 bits per heavy atom. The SMILES string of the molecule is Cc1c(O[C@H](C)C(=O)NC[C@@H](O)c2ccccc2)ccc2c3c(c(=O)oc12)CCCC3. The van der Waals surface area contributed by atoms with Gasteiger partial charge in [0.2, 0.25) is 0 Å². The van der Waals surface area contributed by atoms with Gasteiger partial charge >= 0.3 is 5.63 Å². The number of carbonyl (C=O) groups is 1. The first kappa shape index (κ1) is 21.1. The molecule has 1 heterocycles. The highest BCUT2D eigenvalue weighted by atomic mass is 16.5. The van der Waals surface area contributed by atoms with E-state index in [2.05, 4.69) is 5.32 Å². The topological polar surface area (TPSA) is 88.8 Å². The zero-order chi connectivity index (χ0) is 22.0. The monoisotopic (exact) mass is 421 g/mol. The molecular weight excluding hydrogens is 394 g/mol. The number of benzene rings is 2. The maximum Gasteiger partial charge on any atom is 0.339 e. The lowest BCUT2D eigenvalue weighted by Gasteiger charge is -2.20. The minimum absolute atomic E-state index is 0.0915. The van der Waals surface area contributed by atoms with Gasteiger partial charge in [-0.3, -0.25) is 4.79 Å². The van der Waals surface area contributed by atoms with Gasteiger partial charge in [0.1, 0.15) is 11.3 Å². The van der Waals surface area contributed by atoms with E-state index in [0.717, 1.165) is 47.8 Å². The number of aryl methyl sites for hydroxylation is 2. The van der Waals surface area contributed by atoms with Crippen LogP contribution in [0.2, 0.25) is 0 Å². The van der Waals surface area contributed by atoms with Crippen LogP contribution in [0.4, 0.5) is 0 Å². The van der Waals surface area contributed by atoms with Crippen molar-refractivity contribution in [2.24, 2.45) is 0 Å². The van der Waals surface area contributed by atoms with E-state index >= 15 is 0 Å². The summed E-state index contributed by atoms with van der Waals surface area (Å²) in [5, 5.41) is 13.9. The molecule has 3 aromatic rings. The largest absolute Gasteiger partial charge is 0.480 e. The summed E-state index contributed by atoms with van der Waals surface area (Å²) in [5.74, 6) is 0.166. The molecule has 31 heavy (non-hydrogen) atoms. The van der Waals surface area contributed by atoms with Crippen LogP contribution in [-0.4, -0.2) is 23.7 Å². The van der Waals surface area contributed by atoms with Crippen LogP contribution in [0.1, 0.15) is 48.1 Å². The summed E-state index contributed by atoms with van der Waals surface area (Å²) in [6, 6.07) is 12.9. The quantitative estimate of drug-likeness (QED) is 0.594. The summed E-state index contributed by atoms with van der Waals surface area (Å²) >= 11 is 0. The highest BCUT2D eigenvalue weighted by molar-refractivity contribution is 5.86. The van der Waals surface area contributed by atoms with Gasteiger partial charge in [0.15, 0.2) is 6.10 Å². The average Bonchev–Trinajstić information content (AvgIpc) is 2.80. The van der Waals surface area contributed by atoms with Crippen LogP contribution in [0.25, 0.3) is 11.0 Å². The second-order valence-corrected chi connectivity index (χ2v) is 8.05. The molecule has 0 saturated heterocycles. The van der Waals surface area contributed by atoms with Crippen LogP contribution in [0, 0.1) is 6.92 Å². The fraction of sp³-hybridized carbons (Fsp3) is 0.360. The van der Waals surface area contributed by atoms with Crippen LogP contribution in [-0.2, 0) is 17.6 Å². The van der Waals surface area contributed by atoms with E-state index in [0.29, 0.717) is 16.9 Å². The summed E-state index contributed by atoms with van der Waals surface area (Å²) in [6.45, 7) is 3.57. The number of nitrogens with one attached hydrogen (secondary N) is 1. The maximum absolute atomic E-state index is 12.5. The van der Waals surface area contributed by atoms with E-state index in [9.17, 15) is 14.7 Å². The number of rotatable bonds is 6. The Kier molecular flexibility index (Phi) is 6.09. The summed E-state index contributed by atoms with van der Waals surface area (Å²) in [5.41, 5.74) is 3.55. The number of hydrogen-bond acceptors (Lipinski definition) is 5. The number of aliphatic hydroxyl groups is 1. The van der Waals surface area contributed by atoms with E-state index in [4.69, 9.17) is 9.15 Å². The average molecular weight is 421 g/mol. The van der Waals surface area contributed by atoms with Crippen molar-refractivity contribution < 1.29 is 19.1 Å². The lowest BCUT2D eigenvalue weighted by molar-refractivity contribution is -0.127. The first-order valence-corrected chi connectivity index (χ1v) is 10.7. The Morgan fingerprint density at radius 1 is 1.13 bits per heavy atom.